The first-order valence-electron chi connectivity index (χ1n) is 10.2. The average Bonchev–Trinajstić information content (AvgIpc) is 3.25. The normalized spacial score (nSPS) is 18.9. The van der Waals surface area contributed by atoms with Crippen molar-refractivity contribution in [2.24, 2.45) is 0 Å². The number of aliphatic hydroxyl groups excluding tert-OH is 2. The number of rotatable bonds is 2. The molecule has 2 aliphatic carbocycles. The highest BCUT2D eigenvalue weighted by molar-refractivity contribution is 6.12. The number of hydrogen-bond acceptors (Lipinski definition) is 3. The zero-order valence-electron chi connectivity index (χ0n) is 16.2. The molecule has 0 fully saturated rings. The first kappa shape index (κ1) is 17.4. The molecule has 5 heteroatoms. The highest BCUT2D eigenvalue weighted by atomic mass is 16.3. The summed E-state index contributed by atoms with van der Waals surface area (Å²) in [6.45, 7) is 0. The van der Waals surface area contributed by atoms with Gasteiger partial charge in [0.25, 0.3) is 0 Å². The van der Waals surface area contributed by atoms with Gasteiger partial charge in [0.15, 0.2) is 5.96 Å². The summed E-state index contributed by atoms with van der Waals surface area (Å²) in [4.78, 5) is 0. The molecule has 0 saturated heterocycles. The zero-order valence-corrected chi connectivity index (χ0v) is 16.2. The van der Waals surface area contributed by atoms with E-state index in [-0.39, 0.29) is 5.96 Å². The van der Waals surface area contributed by atoms with Crippen molar-refractivity contribution in [3.05, 3.63) is 82.9 Å². The van der Waals surface area contributed by atoms with Gasteiger partial charge in [-0.2, -0.15) is 0 Å². The van der Waals surface area contributed by atoms with Crippen LogP contribution < -0.4 is 10.6 Å². The highest BCUT2D eigenvalue weighted by Gasteiger charge is 2.25. The molecule has 0 saturated carbocycles. The SMILES string of the molecule is N=C(Nc1ccc2c3c(cccc13)C(O)C2)Nc1ccc2c3c(cccc13)C(O)C2. The number of hydrogen-bond donors (Lipinski definition) is 5. The Bertz CT molecular complexity index is 1260. The lowest BCUT2D eigenvalue weighted by Gasteiger charge is -2.15. The van der Waals surface area contributed by atoms with Crippen LogP contribution >= 0.6 is 0 Å². The lowest BCUT2D eigenvalue weighted by Crippen LogP contribution is -2.20. The fourth-order valence-corrected chi connectivity index (χ4v) is 5.07. The van der Waals surface area contributed by atoms with Crippen LogP contribution in [0.4, 0.5) is 11.4 Å². The van der Waals surface area contributed by atoms with E-state index in [1.807, 2.05) is 60.7 Å². The van der Waals surface area contributed by atoms with Crippen molar-refractivity contribution < 1.29 is 10.2 Å². The molecule has 148 valence electrons. The summed E-state index contributed by atoms with van der Waals surface area (Å²) in [5, 5.41) is 39.7. The van der Waals surface area contributed by atoms with E-state index in [0.29, 0.717) is 12.8 Å². The predicted molar refractivity (Wildman–Crippen MR) is 120 cm³/mol. The number of guanidine groups is 1. The molecule has 5 N–H and O–H groups in total. The van der Waals surface area contributed by atoms with E-state index in [4.69, 9.17) is 5.41 Å². The summed E-state index contributed by atoms with van der Waals surface area (Å²) in [6.07, 6.45) is 0.359. The highest BCUT2D eigenvalue weighted by Crippen LogP contribution is 2.41. The second-order valence-electron chi connectivity index (χ2n) is 8.15. The second-order valence-corrected chi connectivity index (χ2v) is 8.15. The summed E-state index contributed by atoms with van der Waals surface area (Å²) in [7, 11) is 0. The quantitative estimate of drug-likeness (QED) is 0.253. The van der Waals surface area contributed by atoms with E-state index >= 15 is 0 Å². The summed E-state index contributed by atoms with van der Waals surface area (Å²) < 4.78 is 0. The molecule has 4 aromatic carbocycles. The van der Waals surface area contributed by atoms with Gasteiger partial charge in [-0.05, 0) is 45.2 Å². The Hall–Kier alpha value is -3.41. The third-order valence-corrected chi connectivity index (χ3v) is 6.38. The van der Waals surface area contributed by atoms with E-state index in [9.17, 15) is 10.2 Å². The molecule has 0 spiro atoms. The lowest BCUT2D eigenvalue weighted by atomic mass is 10.0. The third-order valence-electron chi connectivity index (χ3n) is 6.38. The van der Waals surface area contributed by atoms with Crippen LogP contribution in [0, 0.1) is 5.41 Å². The van der Waals surface area contributed by atoms with Crippen molar-refractivity contribution in [3.63, 3.8) is 0 Å². The molecule has 0 aliphatic heterocycles. The molecule has 0 amide bonds. The van der Waals surface area contributed by atoms with Gasteiger partial charge in [0.1, 0.15) is 0 Å². The minimum absolute atomic E-state index is 0.175. The number of aliphatic hydroxyl groups is 2. The topological polar surface area (TPSA) is 88.4 Å². The van der Waals surface area contributed by atoms with Crippen molar-refractivity contribution in [3.8, 4) is 0 Å². The zero-order chi connectivity index (χ0) is 20.4. The van der Waals surface area contributed by atoms with Crippen LogP contribution in [0.5, 0.6) is 0 Å². The lowest BCUT2D eigenvalue weighted by molar-refractivity contribution is 0.185. The van der Waals surface area contributed by atoms with Gasteiger partial charge < -0.3 is 20.8 Å². The Balaban J connectivity index is 1.35. The molecular formula is C25H21N3O2. The molecule has 2 aliphatic rings. The second kappa shape index (κ2) is 6.29. The summed E-state index contributed by atoms with van der Waals surface area (Å²) >= 11 is 0. The van der Waals surface area contributed by atoms with Gasteiger partial charge in [0, 0.05) is 35.0 Å². The van der Waals surface area contributed by atoms with Gasteiger partial charge in [-0.25, -0.2) is 0 Å². The van der Waals surface area contributed by atoms with Gasteiger partial charge in [0.2, 0.25) is 0 Å². The smallest absolute Gasteiger partial charge is 0.197 e. The maximum absolute atomic E-state index is 10.3. The molecular weight excluding hydrogens is 374 g/mol. The van der Waals surface area contributed by atoms with Crippen LogP contribution in [0.25, 0.3) is 21.5 Å². The molecule has 0 aromatic heterocycles. The van der Waals surface area contributed by atoms with Gasteiger partial charge in [-0.1, -0.05) is 48.5 Å². The van der Waals surface area contributed by atoms with E-state index in [1.54, 1.807) is 0 Å². The van der Waals surface area contributed by atoms with Crippen LogP contribution in [0.3, 0.4) is 0 Å². The van der Waals surface area contributed by atoms with Crippen LogP contribution in [0.2, 0.25) is 0 Å². The Morgan fingerprint density at radius 2 is 1.17 bits per heavy atom. The molecule has 30 heavy (non-hydrogen) atoms. The molecule has 2 unspecified atom stereocenters. The Kier molecular flexibility index (Phi) is 3.66. The third kappa shape index (κ3) is 2.46. The molecule has 0 bridgehead atoms. The standard InChI is InChI=1S/C25H21N3O2/c26-25(27-19-9-7-13-11-21(29)17-5-1-3-15(19)23(13)17)28-20-10-8-14-12-22(30)18-6-2-4-16(20)24(14)18/h1-10,21-22,29-30H,11-12H2,(H3,26,27,28). The largest absolute Gasteiger partial charge is 0.388 e. The number of anilines is 2. The van der Waals surface area contributed by atoms with Crippen LogP contribution in [0.1, 0.15) is 34.5 Å². The fourth-order valence-electron chi connectivity index (χ4n) is 5.07. The maximum Gasteiger partial charge on any atom is 0.197 e. The predicted octanol–water partition coefficient (Wildman–Crippen LogP) is 4.63. The summed E-state index contributed by atoms with van der Waals surface area (Å²) in [5.74, 6) is 0.175. The van der Waals surface area contributed by atoms with Crippen LogP contribution in [-0.4, -0.2) is 16.2 Å². The molecule has 0 radical (unpaired) electrons. The Labute approximate surface area is 173 Å². The minimum Gasteiger partial charge on any atom is -0.388 e. The van der Waals surface area contributed by atoms with Crippen LogP contribution in [0.15, 0.2) is 60.7 Å². The van der Waals surface area contributed by atoms with Gasteiger partial charge >= 0.3 is 0 Å². The van der Waals surface area contributed by atoms with Crippen molar-refractivity contribution in [1.29, 1.82) is 5.41 Å². The summed E-state index contributed by atoms with van der Waals surface area (Å²) in [6, 6.07) is 19.9. The van der Waals surface area contributed by atoms with E-state index < -0.39 is 12.2 Å². The van der Waals surface area contributed by atoms with Crippen molar-refractivity contribution >= 4 is 38.9 Å². The van der Waals surface area contributed by atoms with E-state index in [0.717, 1.165) is 55.2 Å². The Morgan fingerprint density at radius 1 is 0.700 bits per heavy atom. The van der Waals surface area contributed by atoms with Crippen molar-refractivity contribution in [2.75, 3.05) is 10.6 Å². The molecule has 2 atom stereocenters. The monoisotopic (exact) mass is 395 g/mol. The number of nitrogens with one attached hydrogen (secondary N) is 3. The molecule has 4 aromatic rings. The van der Waals surface area contributed by atoms with Crippen molar-refractivity contribution in [1.82, 2.24) is 0 Å². The van der Waals surface area contributed by atoms with Gasteiger partial charge in [-0.15, -0.1) is 0 Å². The van der Waals surface area contributed by atoms with Crippen LogP contribution in [-0.2, 0) is 12.8 Å². The maximum atomic E-state index is 10.3. The van der Waals surface area contributed by atoms with Crippen molar-refractivity contribution in [2.45, 2.75) is 25.0 Å². The molecule has 0 heterocycles. The molecule has 6 rings (SSSR count). The van der Waals surface area contributed by atoms with E-state index in [1.165, 1.54) is 0 Å². The number of benzene rings is 4. The first-order chi connectivity index (χ1) is 14.6. The fraction of sp³-hybridized carbons (Fsp3) is 0.160. The molecule has 5 nitrogen and oxygen atoms in total. The first-order valence-corrected chi connectivity index (χ1v) is 10.2. The van der Waals surface area contributed by atoms with Gasteiger partial charge in [-0.3, -0.25) is 5.41 Å². The Morgan fingerprint density at radius 3 is 1.63 bits per heavy atom. The minimum atomic E-state index is -0.458. The van der Waals surface area contributed by atoms with Gasteiger partial charge in [0.05, 0.1) is 12.2 Å². The summed E-state index contributed by atoms with van der Waals surface area (Å²) in [5.41, 5.74) is 5.87. The van der Waals surface area contributed by atoms with E-state index in [2.05, 4.69) is 10.6 Å². The average molecular weight is 395 g/mol.